The largest absolute Gasteiger partial charge is 0.447 e. The molecule has 1 amide bonds. The Morgan fingerprint density at radius 2 is 2.31 bits per heavy atom. The normalized spacial score (nSPS) is 20.0. The molecular weight excluding hydrogens is 211 g/mol. The number of carbonyl (C=O) groups excluding carboxylic acids is 1. The predicted octanol–water partition coefficient (Wildman–Crippen LogP) is 1.37. The maximum atomic E-state index is 13.6. The Balaban J connectivity index is 2.30. The first-order chi connectivity index (χ1) is 7.74. The molecule has 0 aliphatic carbocycles. The number of hydrogen-bond acceptors (Lipinski definition) is 3. The summed E-state index contributed by atoms with van der Waals surface area (Å²) in [6.07, 6.45) is -0.495. The Bertz CT molecular complexity index is 397. The van der Waals surface area contributed by atoms with Crippen molar-refractivity contribution in [1.82, 2.24) is 5.32 Å². The number of cyclic esters (lactones) is 1. The molecule has 1 aromatic carbocycles. The second-order valence-corrected chi connectivity index (χ2v) is 3.61. The highest BCUT2D eigenvalue weighted by Crippen LogP contribution is 2.25. The second-order valence-electron chi connectivity index (χ2n) is 3.61. The fourth-order valence-corrected chi connectivity index (χ4v) is 1.79. The number of amides is 1. The van der Waals surface area contributed by atoms with Crippen LogP contribution in [0, 0.1) is 5.82 Å². The number of para-hydroxylation sites is 1. The lowest BCUT2D eigenvalue weighted by molar-refractivity contribution is 0.178. The molecule has 1 aliphatic rings. The van der Waals surface area contributed by atoms with Crippen LogP contribution in [0.25, 0.3) is 0 Å². The second kappa shape index (κ2) is 4.49. The zero-order chi connectivity index (χ0) is 11.5. The van der Waals surface area contributed by atoms with Crippen molar-refractivity contribution in [2.24, 2.45) is 0 Å². The lowest BCUT2D eigenvalue weighted by Crippen LogP contribution is -2.40. The van der Waals surface area contributed by atoms with Gasteiger partial charge in [0.15, 0.2) is 0 Å². The van der Waals surface area contributed by atoms with Crippen LogP contribution in [-0.4, -0.2) is 32.3 Å². The quantitative estimate of drug-likeness (QED) is 0.843. The summed E-state index contributed by atoms with van der Waals surface area (Å²) in [6.45, 7) is 0.855. The van der Waals surface area contributed by atoms with Crippen molar-refractivity contribution in [2.75, 3.05) is 25.1 Å². The van der Waals surface area contributed by atoms with Gasteiger partial charge in [0.25, 0.3) is 0 Å². The molecule has 0 radical (unpaired) electrons. The van der Waals surface area contributed by atoms with E-state index in [9.17, 15) is 9.18 Å². The maximum absolute atomic E-state index is 13.6. The third-order valence-corrected chi connectivity index (χ3v) is 2.51. The monoisotopic (exact) mass is 224 g/mol. The van der Waals surface area contributed by atoms with Gasteiger partial charge in [0, 0.05) is 6.54 Å². The summed E-state index contributed by atoms with van der Waals surface area (Å²) in [4.78, 5) is 12.9. The average molecular weight is 224 g/mol. The number of carbonyl (C=O) groups is 1. The van der Waals surface area contributed by atoms with Gasteiger partial charge in [-0.05, 0) is 19.2 Å². The zero-order valence-electron chi connectivity index (χ0n) is 8.94. The standard InChI is InChI=1S/C11H13FN2O2/c1-13-6-8-7-16-11(15)14(8)10-5-3-2-4-9(10)12/h2-5,8,13H,6-7H2,1H3. The van der Waals surface area contributed by atoms with Crippen molar-refractivity contribution in [3.8, 4) is 0 Å². The highest BCUT2D eigenvalue weighted by atomic mass is 19.1. The molecule has 0 saturated carbocycles. The molecule has 1 aliphatic heterocycles. The molecule has 0 aromatic heterocycles. The maximum Gasteiger partial charge on any atom is 0.414 e. The lowest BCUT2D eigenvalue weighted by Gasteiger charge is -2.21. The number of halogens is 1. The predicted molar refractivity (Wildman–Crippen MR) is 57.9 cm³/mol. The minimum Gasteiger partial charge on any atom is -0.447 e. The van der Waals surface area contributed by atoms with E-state index in [1.807, 2.05) is 0 Å². The van der Waals surface area contributed by atoms with Gasteiger partial charge >= 0.3 is 6.09 Å². The summed E-state index contributed by atoms with van der Waals surface area (Å²) < 4.78 is 18.5. The van der Waals surface area contributed by atoms with Gasteiger partial charge in [-0.3, -0.25) is 4.90 Å². The van der Waals surface area contributed by atoms with Crippen LogP contribution in [0.15, 0.2) is 24.3 Å². The van der Waals surface area contributed by atoms with Gasteiger partial charge in [-0.25, -0.2) is 9.18 Å². The van der Waals surface area contributed by atoms with Crippen molar-refractivity contribution in [3.05, 3.63) is 30.1 Å². The molecule has 1 atom stereocenters. The van der Waals surface area contributed by atoms with Crippen molar-refractivity contribution < 1.29 is 13.9 Å². The fourth-order valence-electron chi connectivity index (χ4n) is 1.79. The molecule has 16 heavy (non-hydrogen) atoms. The summed E-state index contributed by atoms with van der Waals surface area (Å²) in [5.74, 6) is -0.414. The molecule has 5 heteroatoms. The number of anilines is 1. The van der Waals surface area contributed by atoms with Crippen molar-refractivity contribution in [2.45, 2.75) is 6.04 Å². The topological polar surface area (TPSA) is 41.6 Å². The average Bonchev–Trinajstić information content (AvgIpc) is 2.62. The highest BCUT2D eigenvalue weighted by Gasteiger charge is 2.34. The number of nitrogens with one attached hydrogen (secondary N) is 1. The molecule has 4 nitrogen and oxygen atoms in total. The molecule has 0 spiro atoms. The van der Waals surface area contributed by atoms with Gasteiger partial charge in [-0.1, -0.05) is 12.1 Å². The minimum atomic E-state index is -0.495. The van der Waals surface area contributed by atoms with E-state index >= 15 is 0 Å². The molecule has 1 unspecified atom stereocenters. The molecule has 0 bridgehead atoms. The van der Waals surface area contributed by atoms with Crippen LogP contribution in [0.3, 0.4) is 0 Å². The van der Waals surface area contributed by atoms with Gasteiger partial charge in [0.2, 0.25) is 0 Å². The number of benzene rings is 1. The summed E-state index contributed by atoms with van der Waals surface area (Å²) in [7, 11) is 1.78. The lowest BCUT2D eigenvalue weighted by atomic mass is 10.2. The van der Waals surface area contributed by atoms with Crippen molar-refractivity contribution >= 4 is 11.8 Å². The van der Waals surface area contributed by atoms with Crippen LogP contribution in [0.4, 0.5) is 14.9 Å². The molecule has 1 fully saturated rings. The Kier molecular flexibility index (Phi) is 3.05. The number of ether oxygens (including phenoxy) is 1. The van der Waals surface area contributed by atoms with Crippen LogP contribution in [0.5, 0.6) is 0 Å². The SMILES string of the molecule is CNCC1COC(=O)N1c1ccccc1F. The van der Waals surface area contributed by atoms with E-state index in [-0.39, 0.29) is 18.3 Å². The molecule has 1 saturated heterocycles. The molecule has 1 N–H and O–H groups in total. The zero-order valence-corrected chi connectivity index (χ0v) is 8.94. The van der Waals surface area contributed by atoms with E-state index in [0.717, 1.165) is 0 Å². The first-order valence-electron chi connectivity index (χ1n) is 5.09. The van der Waals surface area contributed by atoms with Gasteiger partial charge in [0.1, 0.15) is 12.4 Å². The molecule has 1 heterocycles. The van der Waals surface area contributed by atoms with E-state index in [2.05, 4.69) is 5.32 Å². The minimum absolute atomic E-state index is 0.158. The molecule has 1 aromatic rings. The summed E-state index contributed by atoms with van der Waals surface area (Å²) in [6, 6.07) is 6.03. The first kappa shape index (κ1) is 10.9. The molecule has 86 valence electrons. The van der Waals surface area contributed by atoms with Crippen LogP contribution in [-0.2, 0) is 4.74 Å². The molecular formula is C11H13FN2O2. The smallest absolute Gasteiger partial charge is 0.414 e. The Morgan fingerprint density at radius 1 is 1.56 bits per heavy atom. The van der Waals surface area contributed by atoms with E-state index in [0.29, 0.717) is 6.54 Å². The van der Waals surface area contributed by atoms with E-state index in [1.165, 1.54) is 11.0 Å². The number of likely N-dealkylation sites (N-methyl/N-ethyl adjacent to an activating group) is 1. The van der Waals surface area contributed by atoms with E-state index < -0.39 is 11.9 Å². The number of rotatable bonds is 3. The summed E-state index contributed by atoms with van der Waals surface area (Å²) in [5.41, 5.74) is 0.269. The first-order valence-corrected chi connectivity index (χ1v) is 5.09. The summed E-state index contributed by atoms with van der Waals surface area (Å²) in [5, 5.41) is 2.95. The molecule has 2 rings (SSSR count). The highest BCUT2D eigenvalue weighted by molar-refractivity contribution is 5.90. The Labute approximate surface area is 93.0 Å². The van der Waals surface area contributed by atoms with Gasteiger partial charge in [-0.15, -0.1) is 0 Å². The van der Waals surface area contributed by atoms with Crippen LogP contribution >= 0.6 is 0 Å². The van der Waals surface area contributed by atoms with Crippen LogP contribution < -0.4 is 10.2 Å². The van der Waals surface area contributed by atoms with Gasteiger partial charge in [0.05, 0.1) is 11.7 Å². The van der Waals surface area contributed by atoms with Crippen molar-refractivity contribution in [3.63, 3.8) is 0 Å². The summed E-state index contributed by atoms with van der Waals surface area (Å²) >= 11 is 0. The fraction of sp³-hybridized carbons (Fsp3) is 0.364. The third-order valence-electron chi connectivity index (χ3n) is 2.51. The third kappa shape index (κ3) is 1.86. The van der Waals surface area contributed by atoms with Crippen LogP contribution in [0.2, 0.25) is 0 Å². The number of nitrogens with zero attached hydrogens (tertiary/aromatic N) is 1. The number of hydrogen-bond donors (Lipinski definition) is 1. The van der Waals surface area contributed by atoms with Crippen molar-refractivity contribution in [1.29, 1.82) is 0 Å². The van der Waals surface area contributed by atoms with Gasteiger partial charge in [-0.2, -0.15) is 0 Å². The Morgan fingerprint density at radius 3 is 3.00 bits per heavy atom. The Hall–Kier alpha value is -1.62. The van der Waals surface area contributed by atoms with E-state index in [1.54, 1.807) is 25.2 Å². The van der Waals surface area contributed by atoms with E-state index in [4.69, 9.17) is 4.74 Å². The van der Waals surface area contributed by atoms with Gasteiger partial charge < -0.3 is 10.1 Å². The van der Waals surface area contributed by atoms with Crippen LogP contribution in [0.1, 0.15) is 0 Å².